The molecule has 174 valence electrons. The van der Waals surface area contributed by atoms with Crippen LogP contribution >= 0.6 is 0 Å². The highest BCUT2D eigenvalue weighted by Crippen LogP contribution is 2.35. The Labute approximate surface area is 185 Å². The Hall–Kier alpha value is -3.83. The topological polar surface area (TPSA) is 110 Å². The Bertz CT molecular complexity index is 1210. The van der Waals surface area contributed by atoms with Crippen LogP contribution in [0.25, 0.3) is 11.6 Å². The molecule has 3 aromatic rings. The molecule has 0 spiro atoms. The quantitative estimate of drug-likeness (QED) is 0.555. The molecule has 2 aromatic heterocycles. The van der Waals surface area contributed by atoms with Crippen molar-refractivity contribution in [3.63, 3.8) is 0 Å². The number of hydrogen-bond donors (Lipinski definition) is 2. The van der Waals surface area contributed by atoms with Crippen molar-refractivity contribution in [3.05, 3.63) is 70.2 Å². The van der Waals surface area contributed by atoms with E-state index in [1.807, 2.05) is 0 Å². The fraction of sp³-hybridized carbons (Fsp3) is 0.286. The van der Waals surface area contributed by atoms with Crippen molar-refractivity contribution in [1.29, 1.82) is 0 Å². The van der Waals surface area contributed by atoms with Gasteiger partial charge < -0.3 is 15.0 Å². The molecule has 0 aliphatic carbocycles. The van der Waals surface area contributed by atoms with Gasteiger partial charge in [0.1, 0.15) is 5.69 Å². The lowest BCUT2D eigenvalue weighted by Gasteiger charge is -2.32. The van der Waals surface area contributed by atoms with Crippen molar-refractivity contribution < 1.29 is 27.1 Å². The number of amides is 1. The SMILES string of the molecule is CC(C)(C)[C@@H](NC(=O)c1cc(=O)[nH]c(-c2ncccn2)n1)c1ccc(OC(F)(F)F)c(F)c1. The molecule has 2 N–H and O–H groups in total. The fourth-order valence-corrected chi connectivity index (χ4v) is 3.01. The maximum atomic E-state index is 14.3. The Kier molecular flexibility index (Phi) is 6.47. The van der Waals surface area contributed by atoms with Crippen molar-refractivity contribution in [2.75, 3.05) is 0 Å². The van der Waals surface area contributed by atoms with E-state index in [0.29, 0.717) is 0 Å². The first kappa shape index (κ1) is 23.8. The summed E-state index contributed by atoms with van der Waals surface area (Å²) in [7, 11) is 0. The summed E-state index contributed by atoms with van der Waals surface area (Å²) in [5, 5.41) is 2.67. The Morgan fingerprint density at radius 3 is 2.36 bits per heavy atom. The van der Waals surface area contributed by atoms with Gasteiger partial charge in [0, 0.05) is 18.5 Å². The van der Waals surface area contributed by atoms with Crippen molar-refractivity contribution in [1.82, 2.24) is 25.3 Å². The number of ether oxygens (including phenoxy) is 1. The molecule has 12 heteroatoms. The summed E-state index contributed by atoms with van der Waals surface area (Å²) < 4.78 is 55.2. The highest BCUT2D eigenvalue weighted by atomic mass is 19.4. The van der Waals surface area contributed by atoms with Gasteiger partial charge in [-0.15, -0.1) is 13.2 Å². The predicted molar refractivity (Wildman–Crippen MR) is 109 cm³/mol. The second-order valence-electron chi connectivity index (χ2n) is 8.06. The molecule has 0 aliphatic rings. The van der Waals surface area contributed by atoms with E-state index in [2.05, 4.69) is 30.0 Å². The lowest BCUT2D eigenvalue weighted by atomic mass is 9.82. The van der Waals surface area contributed by atoms with E-state index in [-0.39, 0.29) is 22.9 Å². The van der Waals surface area contributed by atoms with Gasteiger partial charge in [-0.2, -0.15) is 0 Å². The van der Waals surface area contributed by atoms with Gasteiger partial charge in [-0.1, -0.05) is 26.8 Å². The highest BCUT2D eigenvalue weighted by Gasteiger charge is 2.34. The first-order valence-corrected chi connectivity index (χ1v) is 9.58. The first-order valence-electron chi connectivity index (χ1n) is 9.58. The van der Waals surface area contributed by atoms with Crippen LogP contribution in [-0.2, 0) is 0 Å². The smallest absolute Gasteiger partial charge is 0.403 e. The average molecular weight is 465 g/mol. The van der Waals surface area contributed by atoms with E-state index in [0.717, 1.165) is 18.2 Å². The number of H-pyrrole nitrogens is 1. The zero-order valence-electron chi connectivity index (χ0n) is 17.7. The molecule has 0 saturated heterocycles. The Morgan fingerprint density at radius 2 is 1.79 bits per heavy atom. The number of rotatable bonds is 5. The standard InChI is InChI=1S/C21H19F4N5O3/c1-20(2,3)16(11-5-6-14(12(22)9-11)33-21(23,24)25)30-19(32)13-10-15(31)29-18(28-13)17-26-7-4-8-27-17/h4-10,16H,1-3H3,(H,30,32)(H,28,29,31)/t16-/m0/s1. The molecule has 0 fully saturated rings. The van der Waals surface area contributed by atoms with Crippen molar-refractivity contribution >= 4 is 5.91 Å². The molecule has 0 unspecified atom stereocenters. The molecular weight excluding hydrogens is 446 g/mol. The molecule has 0 aliphatic heterocycles. The molecule has 0 radical (unpaired) electrons. The number of carbonyl (C=O) groups is 1. The van der Waals surface area contributed by atoms with Gasteiger partial charge in [0.15, 0.2) is 23.2 Å². The molecule has 33 heavy (non-hydrogen) atoms. The van der Waals surface area contributed by atoms with Crippen LogP contribution in [0.5, 0.6) is 5.75 Å². The molecule has 8 nitrogen and oxygen atoms in total. The number of nitrogens with one attached hydrogen (secondary N) is 2. The minimum absolute atomic E-state index is 0.0275. The molecule has 1 aromatic carbocycles. The Morgan fingerprint density at radius 1 is 1.12 bits per heavy atom. The van der Waals surface area contributed by atoms with Crippen LogP contribution in [0.2, 0.25) is 0 Å². The monoisotopic (exact) mass is 465 g/mol. The van der Waals surface area contributed by atoms with Crippen LogP contribution in [0.1, 0.15) is 42.9 Å². The third kappa shape index (κ3) is 6.11. The summed E-state index contributed by atoms with van der Waals surface area (Å²) in [5.41, 5.74) is -1.36. The number of hydrogen-bond acceptors (Lipinski definition) is 6. The minimum atomic E-state index is -5.05. The third-order valence-electron chi connectivity index (χ3n) is 4.41. The molecule has 3 rings (SSSR count). The number of alkyl halides is 3. The normalized spacial score (nSPS) is 12.8. The lowest BCUT2D eigenvalue weighted by Crippen LogP contribution is -2.37. The van der Waals surface area contributed by atoms with E-state index < -0.39 is 40.9 Å². The van der Waals surface area contributed by atoms with E-state index >= 15 is 0 Å². The second-order valence-corrected chi connectivity index (χ2v) is 8.06. The average Bonchev–Trinajstić information content (AvgIpc) is 2.72. The lowest BCUT2D eigenvalue weighted by molar-refractivity contribution is -0.275. The summed E-state index contributed by atoms with van der Waals surface area (Å²) in [6.45, 7) is 5.22. The summed E-state index contributed by atoms with van der Waals surface area (Å²) in [4.78, 5) is 39.4. The molecular formula is C21H19F4N5O3. The van der Waals surface area contributed by atoms with E-state index in [1.54, 1.807) is 26.8 Å². The molecule has 1 atom stereocenters. The fourth-order valence-electron chi connectivity index (χ4n) is 3.01. The van der Waals surface area contributed by atoms with Crippen LogP contribution in [-0.4, -0.2) is 32.2 Å². The van der Waals surface area contributed by atoms with Crippen molar-refractivity contribution in [2.24, 2.45) is 5.41 Å². The van der Waals surface area contributed by atoms with Crippen LogP contribution in [0.4, 0.5) is 17.6 Å². The van der Waals surface area contributed by atoms with Crippen LogP contribution in [0.15, 0.2) is 47.5 Å². The largest absolute Gasteiger partial charge is 0.573 e. The van der Waals surface area contributed by atoms with Gasteiger partial charge in [0.2, 0.25) is 0 Å². The number of aromatic amines is 1. The van der Waals surface area contributed by atoms with E-state index in [4.69, 9.17) is 0 Å². The molecule has 0 bridgehead atoms. The van der Waals surface area contributed by atoms with Crippen molar-refractivity contribution in [3.8, 4) is 17.4 Å². The maximum absolute atomic E-state index is 14.3. The summed E-state index contributed by atoms with van der Waals surface area (Å²) in [6.07, 6.45) is -2.18. The van der Waals surface area contributed by atoms with E-state index in [9.17, 15) is 27.2 Å². The van der Waals surface area contributed by atoms with Gasteiger partial charge in [-0.05, 0) is 29.2 Å². The van der Waals surface area contributed by atoms with Crippen LogP contribution in [0.3, 0.4) is 0 Å². The second kappa shape index (κ2) is 8.96. The van der Waals surface area contributed by atoms with Crippen LogP contribution < -0.4 is 15.6 Å². The summed E-state index contributed by atoms with van der Waals surface area (Å²) in [5.74, 6) is -2.92. The van der Waals surface area contributed by atoms with Gasteiger partial charge >= 0.3 is 6.36 Å². The number of halogens is 4. The third-order valence-corrected chi connectivity index (χ3v) is 4.41. The van der Waals surface area contributed by atoms with Gasteiger partial charge in [-0.3, -0.25) is 9.59 Å². The summed E-state index contributed by atoms with van der Waals surface area (Å²) in [6, 6.07) is 4.59. The molecule has 2 heterocycles. The van der Waals surface area contributed by atoms with E-state index in [1.165, 1.54) is 18.5 Å². The van der Waals surface area contributed by atoms with Gasteiger partial charge in [0.05, 0.1) is 6.04 Å². The summed E-state index contributed by atoms with van der Waals surface area (Å²) >= 11 is 0. The molecule has 1 amide bonds. The maximum Gasteiger partial charge on any atom is 0.573 e. The first-order chi connectivity index (χ1) is 15.3. The zero-order valence-corrected chi connectivity index (χ0v) is 17.7. The van der Waals surface area contributed by atoms with Gasteiger partial charge in [-0.25, -0.2) is 19.3 Å². The number of aromatic nitrogens is 4. The Balaban J connectivity index is 1.92. The predicted octanol–water partition coefficient (Wildman–Crippen LogP) is 3.78. The van der Waals surface area contributed by atoms with Crippen molar-refractivity contribution in [2.45, 2.75) is 33.2 Å². The number of carbonyl (C=O) groups excluding carboxylic acids is 1. The van der Waals surface area contributed by atoms with Crippen LogP contribution in [0, 0.1) is 11.2 Å². The van der Waals surface area contributed by atoms with Gasteiger partial charge in [0.25, 0.3) is 11.5 Å². The number of benzene rings is 1. The highest BCUT2D eigenvalue weighted by molar-refractivity contribution is 5.92. The molecule has 0 saturated carbocycles. The minimum Gasteiger partial charge on any atom is -0.403 e. The number of nitrogens with zero attached hydrogens (tertiary/aromatic N) is 3. The zero-order chi connectivity index (χ0) is 24.4.